The van der Waals surface area contributed by atoms with Crippen molar-refractivity contribution in [1.29, 1.82) is 0 Å². The van der Waals surface area contributed by atoms with Crippen LogP contribution in [0.4, 0.5) is 0 Å². The lowest BCUT2D eigenvalue weighted by atomic mass is 9.91. The van der Waals surface area contributed by atoms with Crippen molar-refractivity contribution in [2.75, 3.05) is 6.54 Å². The van der Waals surface area contributed by atoms with Crippen LogP contribution in [0.2, 0.25) is 0 Å². The van der Waals surface area contributed by atoms with Crippen LogP contribution in [0.25, 0.3) is 0 Å². The quantitative estimate of drug-likeness (QED) is 0.570. The molecule has 1 unspecified atom stereocenters. The molecule has 1 aromatic rings. The number of benzene rings is 1. The van der Waals surface area contributed by atoms with Crippen LogP contribution >= 0.6 is 0 Å². The van der Waals surface area contributed by atoms with Gasteiger partial charge in [-0.05, 0) is 30.0 Å². The van der Waals surface area contributed by atoms with Crippen molar-refractivity contribution in [3.63, 3.8) is 0 Å². The maximum absolute atomic E-state index is 12.0. The van der Waals surface area contributed by atoms with Gasteiger partial charge in [0.2, 0.25) is 5.91 Å². The van der Waals surface area contributed by atoms with E-state index >= 15 is 0 Å². The Morgan fingerprint density at radius 3 is 2.38 bits per heavy atom. The van der Waals surface area contributed by atoms with Crippen LogP contribution in [-0.2, 0) is 16.0 Å². The number of aromatic hydroxyl groups is 2. The van der Waals surface area contributed by atoms with E-state index in [9.17, 15) is 19.8 Å². The minimum atomic E-state index is -0.993. The number of aliphatic carboxylic acids is 1. The molecule has 0 fully saturated rings. The lowest BCUT2D eigenvalue weighted by Gasteiger charge is -2.18. The normalized spacial score (nSPS) is 12.1. The number of hydrogen-bond acceptors (Lipinski definition) is 4. The van der Waals surface area contributed by atoms with E-state index in [1.165, 1.54) is 12.1 Å². The summed E-state index contributed by atoms with van der Waals surface area (Å²) in [7, 11) is 0. The smallest absolute Gasteiger partial charge is 0.304 e. The number of phenolic OH excluding ortho intramolecular Hbond substituents is 2. The maximum Gasteiger partial charge on any atom is 0.304 e. The van der Waals surface area contributed by atoms with E-state index in [2.05, 4.69) is 5.32 Å². The molecule has 6 nitrogen and oxygen atoms in total. The van der Waals surface area contributed by atoms with Crippen LogP contribution in [0.1, 0.15) is 25.8 Å². The Kier molecular flexibility index (Phi) is 6.02. The van der Waals surface area contributed by atoms with Crippen LogP contribution in [0, 0.1) is 11.8 Å². The van der Waals surface area contributed by atoms with Gasteiger partial charge in [0, 0.05) is 6.54 Å². The largest absolute Gasteiger partial charge is 0.504 e. The van der Waals surface area contributed by atoms with E-state index in [0.717, 1.165) is 5.56 Å². The van der Waals surface area contributed by atoms with E-state index in [-0.39, 0.29) is 29.7 Å². The molecule has 0 spiro atoms. The summed E-state index contributed by atoms with van der Waals surface area (Å²) in [6.45, 7) is 3.96. The van der Waals surface area contributed by atoms with Crippen molar-refractivity contribution >= 4 is 11.9 Å². The van der Waals surface area contributed by atoms with Gasteiger partial charge in [-0.25, -0.2) is 0 Å². The number of nitrogens with one attached hydrogen (secondary N) is 1. The number of rotatable bonds is 7. The number of carbonyl (C=O) groups excluding carboxylic acids is 1. The third kappa shape index (κ3) is 5.33. The van der Waals surface area contributed by atoms with Crippen LogP contribution < -0.4 is 5.32 Å². The van der Waals surface area contributed by atoms with Crippen LogP contribution in [0.3, 0.4) is 0 Å². The van der Waals surface area contributed by atoms with Crippen molar-refractivity contribution in [1.82, 2.24) is 5.32 Å². The monoisotopic (exact) mass is 295 g/mol. The van der Waals surface area contributed by atoms with Gasteiger partial charge in [0.15, 0.2) is 11.5 Å². The molecule has 1 amide bonds. The van der Waals surface area contributed by atoms with E-state index in [1.807, 2.05) is 13.8 Å². The molecule has 0 saturated heterocycles. The second kappa shape index (κ2) is 7.52. The van der Waals surface area contributed by atoms with Gasteiger partial charge in [0.1, 0.15) is 0 Å². The zero-order chi connectivity index (χ0) is 16.0. The molecule has 0 aliphatic rings. The SMILES string of the molecule is CC(C)C(CC(=O)O)C(=O)NCCc1ccc(O)c(O)c1. The Bertz CT molecular complexity index is 513. The first-order chi connectivity index (χ1) is 9.81. The fraction of sp³-hybridized carbons (Fsp3) is 0.467. The van der Waals surface area contributed by atoms with E-state index in [1.54, 1.807) is 6.07 Å². The van der Waals surface area contributed by atoms with Gasteiger partial charge in [0.05, 0.1) is 12.3 Å². The molecular weight excluding hydrogens is 274 g/mol. The molecule has 1 rings (SSSR count). The molecule has 4 N–H and O–H groups in total. The summed E-state index contributed by atoms with van der Waals surface area (Å²) in [5.41, 5.74) is 0.768. The van der Waals surface area contributed by atoms with Crippen molar-refractivity contribution in [3.8, 4) is 11.5 Å². The first kappa shape index (κ1) is 16.8. The minimum Gasteiger partial charge on any atom is -0.504 e. The van der Waals surface area contributed by atoms with Gasteiger partial charge in [-0.2, -0.15) is 0 Å². The molecule has 21 heavy (non-hydrogen) atoms. The molecule has 0 heterocycles. The second-order valence-corrected chi connectivity index (χ2v) is 5.31. The lowest BCUT2D eigenvalue weighted by Crippen LogP contribution is -2.36. The third-order valence-corrected chi connectivity index (χ3v) is 3.29. The Morgan fingerprint density at radius 1 is 1.19 bits per heavy atom. The summed E-state index contributed by atoms with van der Waals surface area (Å²) in [6.07, 6.45) is 0.293. The molecule has 0 aliphatic carbocycles. The Balaban J connectivity index is 2.51. The van der Waals surface area contributed by atoms with Crippen LogP contribution in [0.15, 0.2) is 18.2 Å². The van der Waals surface area contributed by atoms with E-state index < -0.39 is 11.9 Å². The van der Waals surface area contributed by atoms with Crippen molar-refractivity contribution < 1.29 is 24.9 Å². The van der Waals surface area contributed by atoms with Gasteiger partial charge >= 0.3 is 5.97 Å². The highest BCUT2D eigenvalue weighted by atomic mass is 16.4. The van der Waals surface area contributed by atoms with Crippen LogP contribution in [-0.4, -0.2) is 33.7 Å². The highest BCUT2D eigenvalue weighted by Crippen LogP contribution is 2.24. The predicted octanol–water partition coefficient (Wildman–Crippen LogP) is 1.50. The Morgan fingerprint density at radius 2 is 1.86 bits per heavy atom. The fourth-order valence-corrected chi connectivity index (χ4v) is 2.00. The number of carbonyl (C=O) groups is 2. The Labute approximate surface area is 123 Å². The number of carboxylic acid groups (broad SMARTS) is 1. The summed E-state index contributed by atoms with van der Waals surface area (Å²) >= 11 is 0. The van der Waals surface area contributed by atoms with Crippen molar-refractivity contribution in [2.45, 2.75) is 26.7 Å². The summed E-state index contributed by atoms with van der Waals surface area (Å²) in [5.74, 6) is -2.29. The number of amides is 1. The zero-order valence-corrected chi connectivity index (χ0v) is 12.2. The summed E-state index contributed by atoms with van der Waals surface area (Å²) in [5, 5.41) is 30.1. The molecule has 1 atom stereocenters. The van der Waals surface area contributed by atoms with E-state index in [4.69, 9.17) is 5.11 Å². The van der Waals surface area contributed by atoms with Gasteiger partial charge in [-0.15, -0.1) is 0 Å². The highest BCUT2D eigenvalue weighted by molar-refractivity contribution is 5.83. The summed E-state index contributed by atoms with van der Waals surface area (Å²) < 4.78 is 0. The average molecular weight is 295 g/mol. The number of hydrogen-bond donors (Lipinski definition) is 4. The average Bonchev–Trinajstić information content (AvgIpc) is 2.39. The lowest BCUT2D eigenvalue weighted by molar-refractivity contribution is -0.142. The molecule has 1 aromatic carbocycles. The highest BCUT2D eigenvalue weighted by Gasteiger charge is 2.24. The van der Waals surface area contributed by atoms with Crippen molar-refractivity contribution in [3.05, 3.63) is 23.8 Å². The molecule has 0 aromatic heterocycles. The van der Waals surface area contributed by atoms with E-state index in [0.29, 0.717) is 13.0 Å². The molecule has 0 saturated carbocycles. The third-order valence-electron chi connectivity index (χ3n) is 3.29. The molecule has 6 heteroatoms. The topological polar surface area (TPSA) is 107 Å². The molecular formula is C15H21NO5. The zero-order valence-electron chi connectivity index (χ0n) is 12.2. The first-order valence-corrected chi connectivity index (χ1v) is 6.81. The predicted molar refractivity (Wildman–Crippen MR) is 77.1 cm³/mol. The minimum absolute atomic E-state index is 0.0567. The summed E-state index contributed by atoms with van der Waals surface area (Å²) in [4.78, 5) is 22.7. The number of phenols is 2. The van der Waals surface area contributed by atoms with Gasteiger partial charge in [0.25, 0.3) is 0 Å². The van der Waals surface area contributed by atoms with Gasteiger partial charge in [-0.1, -0.05) is 19.9 Å². The molecule has 0 bridgehead atoms. The van der Waals surface area contributed by atoms with Gasteiger partial charge < -0.3 is 20.6 Å². The number of carboxylic acids is 1. The molecule has 116 valence electrons. The second-order valence-electron chi connectivity index (χ2n) is 5.31. The fourth-order valence-electron chi connectivity index (χ4n) is 2.00. The molecule has 0 aliphatic heterocycles. The first-order valence-electron chi connectivity index (χ1n) is 6.81. The Hall–Kier alpha value is -2.24. The van der Waals surface area contributed by atoms with Gasteiger partial charge in [-0.3, -0.25) is 9.59 Å². The van der Waals surface area contributed by atoms with Crippen LogP contribution in [0.5, 0.6) is 11.5 Å². The summed E-state index contributed by atoms with van der Waals surface area (Å²) in [6, 6.07) is 4.46. The standard InChI is InChI=1S/C15H21NO5/c1-9(2)11(8-14(19)20)15(21)16-6-5-10-3-4-12(17)13(18)7-10/h3-4,7,9,11,17-18H,5-6,8H2,1-2H3,(H,16,21)(H,19,20). The molecule has 0 radical (unpaired) electrons. The van der Waals surface area contributed by atoms with Crippen molar-refractivity contribution in [2.24, 2.45) is 11.8 Å². The maximum atomic E-state index is 12.0.